The first-order chi connectivity index (χ1) is 14.1. The number of halogens is 2. The average Bonchev–Trinajstić information content (AvgIpc) is 3.14. The minimum absolute atomic E-state index is 0.0918. The molecule has 0 aliphatic rings. The third-order valence-corrected chi connectivity index (χ3v) is 5.43. The maximum atomic E-state index is 13.4. The highest BCUT2D eigenvalue weighted by Crippen LogP contribution is 2.28. The van der Waals surface area contributed by atoms with Gasteiger partial charge in [0, 0.05) is 4.47 Å². The lowest BCUT2D eigenvalue weighted by molar-refractivity contribution is 0.521. The maximum absolute atomic E-state index is 13.4. The number of imidazole rings is 1. The van der Waals surface area contributed by atoms with E-state index < -0.39 is 0 Å². The van der Waals surface area contributed by atoms with E-state index in [0.29, 0.717) is 33.5 Å². The quantitative estimate of drug-likeness (QED) is 0.347. The summed E-state index contributed by atoms with van der Waals surface area (Å²) in [5, 5.41) is 0.796. The molecule has 8 heteroatoms. The molecule has 0 unspecified atom stereocenters. The van der Waals surface area contributed by atoms with Crippen LogP contribution in [-0.4, -0.2) is 19.5 Å². The van der Waals surface area contributed by atoms with Crippen LogP contribution >= 0.6 is 27.5 Å². The number of aromatic nitrogens is 4. The van der Waals surface area contributed by atoms with Crippen LogP contribution < -0.4 is 5.43 Å². The zero-order valence-corrected chi connectivity index (χ0v) is 17.2. The Morgan fingerprint density at radius 2 is 1.90 bits per heavy atom. The van der Waals surface area contributed by atoms with Crippen LogP contribution in [0.25, 0.3) is 33.3 Å². The first-order valence-electron chi connectivity index (χ1n) is 8.74. The molecule has 6 nitrogen and oxygen atoms in total. The van der Waals surface area contributed by atoms with Gasteiger partial charge in [0.1, 0.15) is 23.2 Å². The summed E-state index contributed by atoms with van der Waals surface area (Å²) in [6.45, 7) is 0.273. The first kappa shape index (κ1) is 18.0. The van der Waals surface area contributed by atoms with E-state index in [-0.39, 0.29) is 17.1 Å². The molecule has 0 atom stereocenters. The zero-order chi connectivity index (χ0) is 20.0. The van der Waals surface area contributed by atoms with Crippen LogP contribution in [-0.2, 0) is 6.54 Å². The highest BCUT2D eigenvalue weighted by molar-refractivity contribution is 9.10. The lowest BCUT2D eigenvalue weighted by Gasteiger charge is -2.11. The Labute approximate surface area is 177 Å². The molecule has 0 spiro atoms. The maximum Gasteiger partial charge on any atom is 0.200 e. The van der Waals surface area contributed by atoms with Crippen molar-refractivity contribution in [1.29, 1.82) is 0 Å². The van der Waals surface area contributed by atoms with Crippen LogP contribution in [0.15, 0.2) is 74.9 Å². The molecule has 29 heavy (non-hydrogen) atoms. The molecule has 0 aliphatic carbocycles. The Bertz CT molecular complexity index is 1430. The molecule has 0 saturated carbocycles. The van der Waals surface area contributed by atoms with Crippen LogP contribution in [0.3, 0.4) is 0 Å². The van der Waals surface area contributed by atoms with Crippen molar-refractivity contribution < 1.29 is 4.42 Å². The van der Waals surface area contributed by atoms with Gasteiger partial charge in [-0.25, -0.2) is 15.0 Å². The summed E-state index contributed by atoms with van der Waals surface area (Å²) in [6, 6.07) is 14.9. The molecule has 0 radical (unpaired) electrons. The Hall–Kier alpha value is -3.03. The fraction of sp³-hybridized carbons (Fsp3) is 0.0476. The molecule has 2 aromatic carbocycles. The summed E-state index contributed by atoms with van der Waals surface area (Å²) < 4.78 is 8.80. The van der Waals surface area contributed by atoms with Crippen molar-refractivity contribution in [3.63, 3.8) is 0 Å². The van der Waals surface area contributed by atoms with E-state index in [4.69, 9.17) is 16.0 Å². The predicted octanol–water partition coefficient (Wildman–Crippen LogP) is 5.06. The Morgan fingerprint density at radius 3 is 2.72 bits per heavy atom. The molecule has 5 aromatic rings. The van der Waals surface area contributed by atoms with Gasteiger partial charge in [-0.3, -0.25) is 4.79 Å². The van der Waals surface area contributed by atoms with Crippen LogP contribution in [0, 0.1) is 0 Å². The van der Waals surface area contributed by atoms with Crippen molar-refractivity contribution in [1.82, 2.24) is 19.5 Å². The van der Waals surface area contributed by atoms with E-state index in [1.54, 1.807) is 23.0 Å². The molecule has 0 bridgehead atoms. The fourth-order valence-corrected chi connectivity index (χ4v) is 3.88. The Morgan fingerprint density at radius 1 is 1.07 bits per heavy atom. The zero-order valence-electron chi connectivity index (χ0n) is 14.8. The second-order valence-corrected chi connectivity index (χ2v) is 7.72. The van der Waals surface area contributed by atoms with Crippen LogP contribution in [0.4, 0.5) is 0 Å². The van der Waals surface area contributed by atoms with Gasteiger partial charge in [-0.1, -0.05) is 57.9 Å². The van der Waals surface area contributed by atoms with E-state index in [1.165, 1.54) is 6.33 Å². The summed E-state index contributed by atoms with van der Waals surface area (Å²) in [5.41, 5.74) is 2.80. The van der Waals surface area contributed by atoms with E-state index >= 15 is 0 Å². The number of benzene rings is 2. The van der Waals surface area contributed by atoms with Gasteiger partial charge in [0.25, 0.3) is 0 Å². The second-order valence-electron chi connectivity index (χ2n) is 6.45. The van der Waals surface area contributed by atoms with Crippen molar-refractivity contribution in [2.75, 3.05) is 0 Å². The molecule has 142 valence electrons. The Balaban J connectivity index is 1.77. The molecule has 3 heterocycles. The fourth-order valence-electron chi connectivity index (χ4n) is 3.34. The number of hydrogen-bond donors (Lipinski definition) is 0. The lowest BCUT2D eigenvalue weighted by Crippen LogP contribution is -2.12. The third-order valence-electron chi connectivity index (χ3n) is 4.66. The van der Waals surface area contributed by atoms with Crippen molar-refractivity contribution in [2.24, 2.45) is 0 Å². The molecular weight excluding hydrogens is 456 g/mol. The molecule has 5 rings (SSSR count). The standard InChI is InChI=1S/C21H12BrClN4O2/c22-13-6-7-15-14(8-13)19(28)17(12-4-2-1-3-5-12)16(29-15)9-27-11-26-18-20(23)24-10-25-21(18)27/h1-8,10-11H,9H2. The molecule has 0 saturated heterocycles. The minimum Gasteiger partial charge on any atom is -0.458 e. The van der Waals surface area contributed by atoms with Crippen molar-refractivity contribution in [2.45, 2.75) is 6.54 Å². The minimum atomic E-state index is -0.0918. The number of nitrogens with zero attached hydrogens (tertiary/aromatic N) is 4. The van der Waals surface area contributed by atoms with Gasteiger partial charge in [0.05, 0.1) is 23.8 Å². The van der Waals surface area contributed by atoms with E-state index in [2.05, 4.69) is 30.9 Å². The smallest absolute Gasteiger partial charge is 0.200 e. The normalized spacial score (nSPS) is 11.4. The average molecular weight is 468 g/mol. The van der Waals surface area contributed by atoms with Gasteiger partial charge in [-0.15, -0.1) is 0 Å². The number of hydrogen-bond acceptors (Lipinski definition) is 5. The molecule has 0 amide bonds. The topological polar surface area (TPSA) is 73.8 Å². The lowest BCUT2D eigenvalue weighted by atomic mass is 10.0. The molecule has 3 aromatic heterocycles. The summed E-state index contributed by atoms with van der Waals surface area (Å²) in [5.74, 6) is 0.519. The summed E-state index contributed by atoms with van der Waals surface area (Å²) in [6.07, 6.45) is 3.00. The second kappa shape index (κ2) is 7.09. The van der Waals surface area contributed by atoms with Crippen LogP contribution in [0.2, 0.25) is 5.15 Å². The van der Waals surface area contributed by atoms with Crippen LogP contribution in [0.5, 0.6) is 0 Å². The molecule has 0 aliphatic heterocycles. The van der Waals surface area contributed by atoms with Crippen molar-refractivity contribution in [3.05, 3.63) is 86.8 Å². The van der Waals surface area contributed by atoms with Crippen molar-refractivity contribution in [3.8, 4) is 11.1 Å². The SMILES string of the molecule is O=c1c(-c2ccccc2)c(Cn2cnc3c(Cl)ncnc32)oc2ccc(Br)cc12. The summed E-state index contributed by atoms with van der Waals surface area (Å²) in [4.78, 5) is 25.9. The highest BCUT2D eigenvalue weighted by atomic mass is 79.9. The monoisotopic (exact) mass is 466 g/mol. The van der Waals surface area contributed by atoms with E-state index in [9.17, 15) is 4.79 Å². The number of rotatable bonds is 3. The molecule has 0 N–H and O–H groups in total. The van der Waals surface area contributed by atoms with Crippen molar-refractivity contribution >= 4 is 49.7 Å². The summed E-state index contributed by atoms with van der Waals surface area (Å²) in [7, 11) is 0. The third kappa shape index (κ3) is 3.12. The predicted molar refractivity (Wildman–Crippen MR) is 115 cm³/mol. The molecule has 0 fully saturated rings. The summed E-state index contributed by atoms with van der Waals surface area (Å²) >= 11 is 9.54. The van der Waals surface area contributed by atoms with E-state index in [0.717, 1.165) is 10.0 Å². The van der Waals surface area contributed by atoms with Gasteiger partial charge in [0.15, 0.2) is 10.8 Å². The Kier molecular flexibility index (Phi) is 4.41. The first-order valence-corrected chi connectivity index (χ1v) is 9.91. The van der Waals surface area contributed by atoms with E-state index in [1.807, 2.05) is 36.4 Å². The number of fused-ring (bicyclic) bond motifs is 2. The van der Waals surface area contributed by atoms with Gasteiger partial charge < -0.3 is 8.98 Å². The van der Waals surface area contributed by atoms with Gasteiger partial charge in [0.2, 0.25) is 5.43 Å². The molecular formula is C21H12BrClN4O2. The largest absolute Gasteiger partial charge is 0.458 e. The van der Waals surface area contributed by atoms with Gasteiger partial charge in [-0.05, 0) is 23.8 Å². The highest BCUT2D eigenvalue weighted by Gasteiger charge is 2.18. The van der Waals surface area contributed by atoms with Crippen LogP contribution in [0.1, 0.15) is 5.76 Å². The van der Waals surface area contributed by atoms with Gasteiger partial charge >= 0.3 is 0 Å². The van der Waals surface area contributed by atoms with Gasteiger partial charge in [-0.2, -0.15) is 0 Å².